The van der Waals surface area contributed by atoms with Crippen molar-refractivity contribution in [2.75, 3.05) is 0 Å². The van der Waals surface area contributed by atoms with Gasteiger partial charge < -0.3 is 10.1 Å². The zero-order valence-electron chi connectivity index (χ0n) is 17.1. The van der Waals surface area contributed by atoms with Crippen molar-refractivity contribution < 1.29 is 14.3 Å². The lowest BCUT2D eigenvalue weighted by Gasteiger charge is -2.30. The van der Waals surface area contributed by atoms with Gasteiger partial charge >= 0.3 is 5.97 Å². The molecule has 1 aromatic heterocycles. The van der Waals surface area contributed by atoms with E-state index in [4.69, 9.17) is 4.74 Å². The first-order chi connectivity index (χ1) is 13.3. The minimum atomic E-state index is -1.44. The Labute approximate surface area is 168 Å². The highest BCUT2D eigenvalue weighted by Gasteiger charge is 2.33. The van der Waals surface area contributed by atoms with Crippen LogP contribution in [0.2, 0.25) is 25.7 Å². The molecule has 0 radical (unpaired) electrons. The Hall–Kier alpha value is -2.47. The number of carbonyl (C=O) groups excluding carboxylic acids is 2. The van der Waals surface area contributed by atoms with Gasteiger partial charge in [-0.3, -0.25) is 9.78 Å². The average Bonchev–Trinajstić information content (AvgIpc) is 2.69. The second-order valence-electron chi connectivity index (χ2n) is 8.19. The minimum absolute atomic E-state index is 0.0302. The van der Waals surface area contributed by atoms with Gasteiger partial charge in [-0.05, 0) is 23.6 Å². The summed E-state index contributed by atoms with van der Waals surface area (Å²) in [5.74, 6) is -0.711. The van der Waals surface area contributed by atoms with Gasteiger partial charge in [-0.25, -0.2) is 4.79 Å². The van der Waals surface area contributed by atoms with Crippen molar-refractivity contribution in [3.8, 4) is 0 Å². The molecule has 0 spiro atoms. The van der Waals surface area contributed by atoms with Crippen LogP contribution < -0.4 is 5.32 Å². The largest absolute Gasteiger partial charge is 0.459 e. The number of ether oxygens (including phenoxy) is 1. The Morgan fingerprint density at radius 2 is 1.75 bits per heavy atom. The summed E-state index contributed by atoms with van der Waals surface area (Å²) in [4.78, 5) is 29.7. The summed E-state index contributed by atoms with van der Waals surface area (Å²) in [5.41, 5.74) is 1.22. The lowest BCUT2D eigenvalue weighted by molar-refractivity contribution is -0.148. The highest BCUT2D eigenvalue weighted by atomic mass is 28.3. The highest BCUT2D eigenvalue weighted by Crippen LogP contribution is 2.24. The maximum atomic E-state index is 12.9. The van der Waals surface area contributed by atoms with Crippen molar-refractivity contribution in [1.29, 1.82) is 0 Å². The van der Waals surface area contributed by atoms with Gasteiger partial charge in [0.05, 0.1) is 0 Å². The normalized spacial score (nSPS) is 13.4. The Morgan fingerprint density at radius 1 is 1.07 bits per heavy atom. The summed E-state index contributed by atoms with van der Waals surface area (Å²) < 4.78 is 5.57. The summed E-state index contributed by atoms with van der Waals surface area (Å²) in [6.45, 7) is 9.04. The quantitative estimate of drug-likeness (QED) is 0.505. The molecule has 0 aliphatic rings. The first-order valence-electron chi connectivity index (χ1n) is 9.72. The number of nitrogens with zero attached hydrogens (tertiary/aromatic N) is 1. The second-order valence-corrected chi connectivity index (χ2v) is 13.7. The van der Waals surface area contributed by atoms with Crippen LogP contribution in [0.15, 0.2) is 54.7 Å². The van der Waals surface area contributed by atoms with Crippen LogP contribution in [0, 0.1) is 5.92 Å². The molecule has 1 unspecified atom stereocenters. The molecule has 1 heterocycles. The molecule has 0 aliphatic carbocycles. The Kier molecular flexibility index (Phi) is 7.93. The van der Waals surface area contributed by atoms with Crippen LogP contribution in [0.25, 0.3) is 0 Å². The van der Waals surface area contributed by atoms with Gasteiger partial charge in [0.15, 0.2) is 0 Å². The van der Waals surface area contributed by atoms with E-state index < -0.39 is 20.1 Å². The van der Waals surface area contributed by atoms with E-state index in [-0.39, 0.29) is 18.4 Å². The van der Waals surface area contributed by atoms with E-state index in [1.807, 2.05) is 30.3 Å². The van der Waals surface area contributed by atoms with Gasteiger partial charge in [0.25, 0.3) is 5.91 Å². The van der Waals surface area contributed by atoms with Gasteiger partial charge in [0, 0.05) is 14.3 Å². The monoisotopic (exact) mass is 398 g/mol. The zero-order valence-corrected chi connectivity index (χ0v) is 18.1. The maximum Gasteiger partial charge on any atom is 0.329 e. The van der Waals surface area contributed by atoms with Gasteiger partial charge in [0.2, 0.25) is 0 Å². The lowest BCUT2D eigenvalue weighted by atomic mass is 9.98. The number of hydrogen-bond donors (Lipinski definition) is 1. The molecule has 1 amide bonds. The molecule has 2 aromatic rings. The highest BCUT2D eigenvalue weighted by molar-refractivity contribution is 6.76. The van der Waals surface area contributed by atoms with Crippen LogP contribution in [-0.4, -0.2) is 31.0 Å². The third-order valence-corrected chi connectivity index (χ3v) is 6.28. The van der Waals surface area contributed by atoms with E-state index in [2.05, 4.69) is 36.9 Å². The molecular weight excluding hydrogens is 368 g/mol. The standard InChI is InChI=1S/C22H30N2O3Si/c1-5-18(16-28(2,3)4)20(24-21(25)19-13-9-10-14-23-19)22(26)27-15-17-11-7-6-8-12-17/h6-14,18,20H,5,15-16H2,1-4H3,(H,24,25)/t18?,20-/m0/s1. The molecule has 0 bridgehead atoms. The first kappa shape index (κ1) is 21.8. The molecule has 5 nitrogen and oxygen atoms in total. The molecule has 1 N–H and O–H groups in total. The van der Waals surface area contributed by atoms with E-state index in [1.54, 1.807) is 24.4 Å². The smallest absolute Gasteiger partial charge is 0.329 e. The number of aromatic nitrogens is 1. The number of hydrogen-bond acceptors (Lipinski definition) is 4. The molecule has 0 saturated carbocycles. The Bertz CT molecular complexity index is 760. The molecule has 28 heavy (non-hydrogen) atoms. The van der Waals surface area contributed by atoms with Crippen molar-refractivity contribution in [1.82, 2.24) is 10.3 Å². The fourth-order valence-electron chi connectivity index (χ4n) is 3.18. The summed E-state index contributed by atoms with van der Waals surface area (Å²) in [6, 6.07) is 14.9. The number of pyridine rings is 1. The summed E-state index contributed by atoms with van der Waals surface area (Å²) >= 11 is 0. The molecule has 0 fully saturated rings. The number of nitrogens with one attached hydrogen (secondary N) is 1. The zero-order chi connectivity index (χ0) is 20.6. The van der Waals surface area contributed by atoms with E-state index in [9.17, 15) is 9.59 Å². The van der Waals surface area contributed by atoms with Crippen LogP contribution in [-0.2, 0) is 16.1 Å². The topological polar surface area (TPSA) is 68.3 Å². The predicted octanol–water partition coefficient (Wildman–Crippen LogP) is 4.29. The van der Waals surface area contributed by atoms with E-state index in [1.165, 1.54) is 0 Å². The summed E-state index contributed by atoms with van der Waals surface area (Å²) in [6.07, 6.45) is 2.36. The van der Waals surface area contributed by atoms with E-state index >= 15 is 0 Å². The number of amides is 1. The van der Waals surface area contributed by atoms with Gasteiger partial charge in [-0.1, -0.05) is 75.4 Å². The Balaban J connectivity index is 2.16. The predicted molar refractivity (Wildman–Crippen MR) is 114 cm³/mol. The SMILES string of the molecule is CCC(C[Si](C)(C)C)[C@H](NC(=O)c1ccccn1)C(=O)OCc1ccccc1. The fourth-order valence-corrected chi connectivity index (χ4v) is 5.28. The Morgan fingerprint density at radius 3 is 2.32 bits per heavy atom. The molecule has 2 atom stereocenters. The third kappa shape index (κ3) is 6.92. The van der Waals surface area contributed by atoms with Crippen molar-refractivity contribution in [3.05, 3.63) is 66.0 Å². The lowest BCUT2D eigenvalue weighted by Crippen LogP contribution is -2.48. The molecule has 0 saturated heterocycles. The van der Waals surface area contributed by atoms with Crippen LogP contribution in [0.5, 0.6) is 0 Å². The van der Waals surface area contributed by atoms with Crippen LogP contribution in [0.1, 0.15) is 29.4 Å². The number of esters is 1. The molecule has 1 aromatic carbocycles. The van der Waals surface area contributed by atoms with Gasteiger partial charge in [-0.15, -0.1) is 0 Å². The van der Waals surface area contributed by atoms with Crippen molar-refractivity contribution in [3.63, 3.8) is 0 Å². The van der Waals surface area contributed by atoms with Gasteiger partial charge in [-0.2, -0.15) is 0 Å². The van der Waals surface area contributed by atoms with Crippen molar-refractivity contribution in [2.24, 2.45) is 5.92 Å². The molecular formula is C22H30N2O3Si. The molecule has 6 heteroatoms. The van der Waals surface area contributed by atoms with Crippen molar-refractivity contribution in [2.45, 2.75) is 51.7 Å². The minimum Gasteiger partial charge on any atom is -0.459 e. The van der Waals surface area contributed by atoms with Gasteiger partial charge in [0.1, 0.15) is 18.3 Å². The second kappa shape index (κ2) is 10.2. The fraction of sp³-hybridized carbons (Fsp3) is 0.409. The van der Waals surface area contributed by atoms with Crippen LogP contribution in [0.4, 0.5) is 0 Å². The summed E-state index contributed by atoms with van der Waals surface area (Å²) in [5, 5.41) is 2.89. The molecule has 0 aliphatic heterocycles. The average molecular weight is 399 g/mol. The van der Waals surface area contributed by atoms with Crippen molar-refractivity contribution >= 4 is 20.0 Å². The third-order valence-electron chi connectivity index (χ3n) is 4.53. The molecule has 150 valence electrons. The van der Waals surface area contributed by atoms with Crippen LogP contribution in [0.3, 0.4) is 0 Å². The maximum absolute atomic E-state index is 12.9. The van der Waals surface area contributed by atoms with Crippen LogP contribution >= 0.6 is 0 Å². The number of carbonyl (C=O) groups is 2. The summed E-state index contributed by atoms with van der Waals surface area (Å²) in [7, 11) is -1.44. The van der Waals surface area contributed by atoms with E-state index in [0.717, 1.165) is 18.0 Å². The number of rotatable bonds is 9. The van der Waals surface area contributed by atoms with E-state index in [0.29, 0.717) is 5.69 Å². The first-order valence-corrected chi connectivity index (χ1v) is 13.4. The number of benzene rings is 1. The molecule has 2 rings (SSSR count).